The molecule has 0 aromatic heterocycles. The number of hydrogen-bond acceptors (Lipinski definition) is 2. The number of rotatable bonds is 6. The molecule has 0 saturated carbocycles. The first kappa shape index (κ1) is 33.0. The summed E-state index contributed by atoms with van der Waals surface area (Å²) in [6.07, 6.45) is 0.941. The van der Waals surface area contributed by atoms with E-state index >= 15 is 0 Å². The van der Waals surface area contributed by atoms with E-state index in [4.69, 9.17) is 0 Å². The van der Waals surface area contributed by atoms with E-state index in [0.717, 1.165) is 29.2 Å². The molecule has 2 nitrogen and oxygen atoms in total. The summed E-state index contributed by atoms with van der Waals surface area (Å²) in [4.78, 5) is 4.79. The van der Waals surface area contributed by atoms with Crippen LogP contribution in [0.4, 0.5) is 34.1 Å². The van der Waals surface area contributed by atoms with Crippen molar-refractivity contribution in [1.29, 1.82) is 0 Å². The second kappa shape index (κ2) is 12.4. The molecule has 9 rings (SSSR count). The molecule has 7 aromatic rings. The molecule has 0 unspecified atom stereocenters. The Balaban J connectivity index is 1.18. The van der Waals surface area contributed by atoms with Gasteiger partial charge in [0.2, 0.25) is 0 Å². The molecule has 2 aliphatic rings. The Morgan fingerprint density at radius 3 is 1.28 bits per heavy atom. The maximum Gasteiger partial charge on any atom is 0.0467 e. The molecule has 53 heavy (non-hydrogen) atoms. The van der Waals surface area contributed by atoms with E-state index in [9.17, 15) is 0 Å². The van der Waals surface area contributed by atoms with Gasteiger partial charge in [-0.3, -0.25) is 0 Å². The molecule has 0 spiro atoms. The predicted molar refractivity (Wildman–Crippen MR) is 224 cm³/mol. The van der Waals surface area contributed by atoms with Crippen LogP contribution < -0.4 is 9.80 Å². The lowest BCUT2D eigenvalue weighted by atomic mass is 9.66. The van der Waals surface area contributed by atoms with Gasteiger partial charge in [0.25, 0.3) is 0 Å². The van der Waals surface area contributed by atoms with Gasteiger partial charge in [0.15, 0.2) is 0 Å². The summed E-state index contributed by atoms with van der Waals surface area (Å²) in [6, 6.07) is 57.9. The topological polar surface area (TPSA) is 6.48 Å². The summed E-state index contributed by atoms with van der Waals surface area (Å²) >= 11 is 0. The van der Waals surface area contributed by atoms with Crippen LogP contribution in [0.25, 0.3) is 11.1 Å². The summed E-state index contributed by atoms with van der Waals surface area (Å²) in [5, 5.41) is 0. The minimum atomic E-state index is -0.185. The normalized spacial score (nSPS) is 14.5. The van der Waals surface area contributed by atoms with Crippen molar-refractivity contribution in [1.82, 2.24) is 0 Å². The van der Waals surface area contributed by atoms with Gasteiger partial charge in [-0.15, -0.1) is 0 Å². The molecular formula is C51H46N2. The van der Waals surface area contributed by atoms with Crippen molar-refractivity contribution in [3.8, 4) is 11.1 Å². The molecule has 0 atom stereocenters. The molecule has 0 heterocycles. The van der Waals surface area contributed by atoms with E-state index in [2.05, 4.69) is 209 Å². The van der Waals surface area contributed by atoms with Crippen molar-refractivity contribution in [3.63, 3.8) is 0 Å². The molecule has 0 bridgehead atoms. The third kappa shape index (κ3) is 5.31. The zero-order valence-corrected chi connectivity index (χ0v) is 31.6. The van der Waals surface area contributed by atoms with Crippen molar-refractivity contribution in [2.24, 2.45) is 0 Å². The summed E-state index contributed by atoms with van der Waals surface area (Å²) < 4.78 is 0. The quantitative estimate of drug-likeness (QED) is 0.172. The van der Waals surface area contributed by atoms with Gasteiger partial charge >= 0.3 is 0 Å². The van der Waals surface area contributed by atoms with E-state index in [1.165, 1.54) is 67.0 Å². The molecule has 7 aromatic carbocycles. The van der Waals surface area contributed by atoms with Crippen LogP contribution >= 0.6 is 0 Å². The first-order valence-electron chi connectivity index (χ1n) is 18.9. The van der Waals surface area contributed by atoms with E-state index in [1.807, 2.05) is 0 Å². The Morgan fingerprint density at radius 2 is 0.811 bits per heavy atom. The second-order valence-electron chi connectivity index (χ2n) is 16.0. The van der Waals surface area contributed by atoms with Crippen LogP contribution in [0.5, 0.6) is 0 Å². The lowest BCUT2D eigenvalue weighted by Gasteiger charge is -2.38. The number of para-hydroxylation sites is 4. The summed E-state index contributed by atoms with van der Waals surface area (Å²) in [5.41, 5.74) is 20.8. The minimum Gasteiger partial charge on any atom is -0.310 e. The fraction of sp³-hybridized carbons (Fsp3) is 0.176. The van der Waals surface area contributed by atoms with E-state index < -0.39 is 0 Å². The fourth-order valence-electron chi connectivity index (χ4n) is 9.25. The molecule has 260 valence electrons. The Labute approximate surface area is 315 Å². The predicted octanol–water partition coefficient (Wildman–Crippen LogP) is 13.8. The summed E-state index contributed by atoms with van der Waals surface area (Å²) in [6.45, 7) is 14.3. The highest BCUT2D eigenvalue weighted by Crippen LogP contribution is 2.55. The summed E-state index contributed by atoms with van der Waals surface area (Å²) in [5.74, 6) is 0. The first-order valence-corrected chi connectivity index (χ1v) is 18.9. The number of aryl methyl sites for hydroxylation is 2. The molecule has 0 N–H and O–H groups in total. The van der Waals surface area contributed by atoms with Crippen molar-refractivity contribution in [2.75, 3.05) is 9.80 Å². The van der Waals surface area contributed by atoms with Gasteiger partial charge in [0, 0.05) is 45.0 Å². The highest BCUT2D eigenvalue weighted by molar-refractivity contribution is 5.89. The highest BCUT2D eigenvalue weighted by Gasteiger charge is 2.41. The van der Waals surface area contributed by atoms with Gasteiger partial charge in [-0.25, -0.2) is 0 Å². The van der Waals surface area contributed by atoms with Crippen molar-refractivity contribution in [2.45, 2.75) is 58.8 Å². The number of fused-ring (bicyclic) bond motifs is 5. The van der Waals surface area contributed by atoms with E-state index in [1.54, 1.807) is 0 Å². The van der Waals surface area contributed by atoms with Crippen molar-refractivity contribution >= 4 is 34.1 Å². The summed E-state index contributed by atoms with van der Waals surface area (Å²) in [7, 11) is 0. The lowest BCUT2D eigenvalue weighted by Crippen LogP contribution is -2.29. The smallest absolute Gasteiger partial charge is 0.0467 e. The van der Waals surface area contributed by atoms with Gasteiger partial charge in [0.05, 0.1) is 0 Å². The van der Waals surface area contributed by atoms with Gasteiger partial charge in [-0.05, 0) is 155 Å². The maximum atomic E-state index is 2.56. The zero-order valence-electron chi connectivity index (χ0n) is 31.6. The van der Waals surface area contributed by atoms with Crippen LogP contribution in [0, 0.1) is 13.8 Å². The molecule has 0 saturated heterocycles. The highest BCUT2D eigenvalue weighted by atomic mass is 15.1. The number of benzene rings is 7. The van der Waals surface area contributed by atoms with Crippen LogP contribution in [0.1, 0.15) is 72.2 Å². The third-order valence-corrected chi connectivity index (χ3v) is 11.9. The third-order valence-electron chi connectivity index (χ3n) is 11.9. The van der Waals surface area contributed by atoms with Gasteiger partial charge in [0.1, 0.15) is 0 Å². The van der Waals surface area contributed by atoms with Crippen LogP contribution in [0.2, 0.25) is 0 Å². The number of hydrogen-bond donors (Lipinski definition) is 0. The standard InChI is InChI=1S/C51H46N2/c1-34-27-41(52(37-19-11-7-12-20-37)38-21-13-8-14-22-38)31-47-43(34)29-36-30-46-44(33-45(36)50(47,3)4)49-35(2)28-42(32-48(49)51(46,5)6)53(39-23-15-9-16-24-39)40-25-17-10-18-26-40/h7-28,30-33H,29H2,1-6H3. The maximum absolute atomic E-state index is 2.56. The minimum absolute atomic E-state index is 0.144. The van der Waals surface area contributed by atoms with Crippen molar-refractivity contribution in [3.05, 3.63) is 202 Å². The molecular weight excluding hydrogens is 641 g/mol. The lowest BCUT2D eigenvalue weighted by molar-refractivity contribution is 0.605. The molecule has 0 aliphatic heterocycles. The average Bonchev–Trinajstić information content (AvgIpc) is 3.39. The number of nitrogens with zero attached hydrogens (tertiary/aromatic N) is 2. The molecule has 2 heteroatoms. The van der Waals surface area contributed by atoms with Crippen LogP contribution in [0.15, 0.2) is 158 Å². The molecule has 0 radical (unpaired) electrons. The van der Waals surface area contributed by atoms with Gasteiger partial charge in [-0.2, -0.15) is 0 Å². The zero-order chi connectivity index (χ0) is 36.5. The Morgan fingerprint density at radius 1 is 0.396 bits per heavy atom. The number of anilines is 6. The average molecular weight is 687 g/mol. The van der Waals surface area contributed by atoms with Crippen molar-refractivity contribution < 1.29 is 0 Å². The molecule has 0 fully saturated rings. The molecule has 0 amide bonds. The second-order valence-corrected chi connectivity index (χ2v) is 16.0. The van der Waals surface area contributed by atoms with E-state index in [-0.39, 0.29) is 10.8 Å². The largest absolute Gasteiger partial charge is 0.310 e. The van der Waals surface area contributed by atoms with Gasteiger partial charge in [-0.1, -0.05) is 107 Å². The SMILES string of the molecule is Cc1cc(N(c2ccccc2)c2ccccc2)cc2c1Cc1cc3c(cc1C2(C)C)-c1c(C)cc(N(c2ccccc2)c2ccccc2)cc1C3(C)C. The van der Waals surface area contributed by atoms with E-state index in [0.29, 0.717) is 0 Å². The first-order chi connectivity index (χ1) is 25.6. The van der Waals surface area contributed by atoms with Gasteiger partial charge < -0.3 is 9.80 Å². The van der Waals surface area contributed by atoms with Crippen LogP contribution in [-0.2, 0) is 17.3 Å². The Hall–Kier alpha value is -5.86. The fourth-order valence-corrected chi connectivity index (χ4v) is 9.25. The Bertz CT molecular complexity index is 2400. The monoisotopic (exact) mass is 686 g/mol. The van der Waals surface area contributed by atoms with Crippen LogP contribution in [0.3, 0.4) is 0 Å². The van der Waals surface area contributed by atoms with Crippen LogP contribution in [-0.4, -0.2) is 0 Å². The Kier molecular flexibility index (Phi) is 7.71. The molecule has 2 aliphatic carbocycles.